The Morgan fingerprint density at radius 2 is 1.04 bits per heavy atom. The van der Waals surface area contributed by atoms with Crippen molar-refractivity contribution in [3.05, 3.63) is 0 Å². The second-order valence-electron chi connectivity index (χ2n) is 6.64. The Bertz CT molecular complexity index is 194. The summed E-state index contributed by atoms with van der Waals surface area (Å²) >= 11 is 0. The van der Waals surface area contributed by atoms with Crippen molar-refractivity contribution in [2.75, 3.05) is 19.8 Å². The van der Waals surface area contributed by atoms with E-state index in [0.29, 0.717) is 0 Å². The van der Waals surface area contributed by atoms with Crippen LogP contribution >= 0.6 is 0 Å². The normalized spacial score (nSPS) is 11.5. The molecule has 0 amide bonds. The third-order valence-corrected chi connectivity index (χ3v) is 4.25. The fourth-order valence-electron chi connectivity index (χ4n) is 2.69. The molecule has 0 heterocycles. The quantitative estimate of drug-likeness (QED) is 0.240. The van der Waals surface area contributed by atoms with Crippen molar-refractivity contribution in [1.82, 2.24) is 0 Å². The standard InChI is InChI=1S/C20H43NO2/c1-3-5-7-9-11-13-18-22-20(16-15-17-21)23-19-14-12-10-8-6-4-2/h20H,3-19,21H2,1-2H3. The molecule has 0 aliphatic carbocycles. The van der Waals surface area contributed by atoms with E-state index in [0.717, 1.165) is 45.4 Å². The fraction of sp³-hybridized carbons (Fsp3) is 1.00. The van der Waals surface area contributed by atoms with Crippen LogP contribution in [0.5, 0.6) is 0 Å². The van der Waals surface area contributed by atoms with E-state index in [4.69, 9.17) is 15.2 Å². The molecule has 0 aromatic rings. The molecule has 0 saturated carbocycles. The second-order valence-corrected chi connectivity index (χ2v) is 6.64. The summed E-state index contributed by atoms with van der Waals surface area (Å²) in [5.41, 5.74) is 5.61. The molecule has 0 aromatic carbocycles. The Morgan fingerprint density at radius 3 is 1.48 bits per heavy atom. The zero-order valence-corrected chi connectivity index (χ0v) is 16.0. The van der Waals surface area contributed by atoms with Gasteiger partial charge >= 0.3 is 0 Å². The molecule has 0 atom stereocenters. The maximum absolute atomic E-state index is 5.92. The molecule has 0 bridgehead atoms. The van der Waals surface area contributed by atoms with Gasteiger partial charge in [0, 0.05) is 13.2 Å². The van der Waals surface area contributed by atoms with E-state index in [9.17, 15) is 0 Å². The largest absolute Gasteiger partial charge is 0.353 e. The van der Waals surface area contributed by atoms with Gasteiger partial charge in [-0.3, -0.25) is 0 Å². The molecule has 0 saturated heterocycles. The number of unbranched alkanes of at least 4 members (excludes halogenated alkanes) is 10. The van der Waals surface area contributed by atoms with Crippen molar-refractivity contribution in [2.45, 2.75) is 110 Å². The smallest absolute Gasteiger partial charge is 0.157 e. The summed E-state index contributed by atoms with van der Waals surface area (Å²) in [5.74, 6) is 0. The highest BCUT2D eigenvalue weighted by Gasteiger charge is 2.08. The molecule has 3 nitrogen and oxygen atoms in total. The number of rotatable bonds is 19. The summed E-state index contributed by atoms with van der Waals surface area (Å²) in [7, 11) is 0. The van der Waals surface area contributed by atoms with E-state index in [2.05, 4.69) is 13.8 Å². The van der Waals surface area contributed by atoms with Crippen LogP contribution < -0.4 is 5.73 Å². The lowest BCUT2D eigenvalue weighted by Gasteiger charge is -2.18. The van der Waals surface area contributed by atoms with Crippen LogP contribution in [-0.4, -0.2) is 26.0 Å². The first-order chi connectivity index (χ1) is 11.3. The average Bonchev–Trinajstić information content (AvgIpc) is 2.57. The molecule has 0 fully saturated rings. The third kappa shape index (κ3) is 18.1. The van der Waals surface area contributed by atoms with Crippen LogP contribution in [0, 0.1) is 0 Å². The van der Waals surface area contributed by atoms with Gasteiger partial charge in [0.2, 0.25) is 0 Å². The summed E-state index contributed by atoms with van der Waals surface area (Å²) in [6, 6.07) is 0. The summed E-state index contributed by atoms with van der Waals surface area (Å²) < 4.78 is 11.8. The van der Waals surface area contributed by atoms with Gasteiger partial charge in [0.15, 0.2) is 6.29 Å². The summed E-state index contributed by atoms with van der Waals surface area (Å²) in [5, 5.41) is 0. The van der Waals surface area contributed by atoms with Gasteiger partial charge in [-0.1, -0.05) is 78.1 Å². The van der Waals surface area contributed by atoms with Crippen molar-refractivity contribution in [3.8, 4) is 0 Å². The van der Waals surface area contributed by atoms with Gasteiger partial charge in [0.25, 0.3) is 0 Å². The van der Waals surface area contributed by atoms with E-state index < -0.39 is 0 Å². The monoisotopic (exact) mass is 329 g/mol. The first kappa shape index (κ1) is 22.9. The third-order valence-electron chi connectivity index (χ3n) is 4.25. The number of hydrogen-bond donors (Lipinski definition) is 1. The molecule has 0 spiro atoms. The van der Waals surface area contributed by atoms with Crippen LogP contribution in [0.4, 0.5) is 0 Å². The van der Waals surface area contributed by atoms with Crippen molar-refractivity contribution >= 4 is 0 Å². The molecule has 0 aliphatic heterocycles. The molecule has 2 N–H and O–H groups in total. The number of hydrogen-bond acceptors (Lipinski definition) is 3. The van der Waals surface area contributed by atoms with Crippen LogP contribution in [0.3, 0.4) is 0 Å². The maximum atomic E-state index is 5.92. The lowest BCUT2D eigenvalue weighted by Crippen LogP contribution is -2.20. The average molecular weight is 330 g/mol. The van der Waals surface area contributed by atoms with Crippen molar-refractivity contribution < 1.29 is 9.47 Å². The van der Waals surface area contributed by atoms with Crippen LogP contribution in [0.1, 0.15) is 104 Å². The Kier molecular flexibility index (Phi) is 19.8. The van der Waals surface area contributed by atoms with E-state index in [1.165, 1.54) is 64.2 Å². The van der Waals surface area contributed by atoms with E-state index in [1.54, 1.807) is 0 Å². The maximum Gasteiger partial charge on any atom is 0.157 e. The molecule has 0 rings (SSSR count). The van der Waals surface area contributed by atoms with Gasteiger partial charge in [-0.2, -0.15) is 0 Å². The highest BCUT2D eigenvalue weighted by atomic mass is 16.7. The molecule has 23 heavy (non-hydrogen) atoms. The predicted molar refractivity (Wildman–Crippen MR) is 101 cm³/mol. The van der Waals surface area contributed by atoms with Gasteiger partial charge < -0.3 is 15.2 Å². The Labute approximate surface area is 145 Å². The van der Waals surface area contributed by atoms with Crippen molar-refractivity contribution in [3.63, 3.8) is 0 Å². The predicted octanol–water partition coefficient (Wildman–Crippen LogP) is 5.81. The zero-order valence-electron chi connectivity index (χ0n) is 16.0. The van der Waals surface area contributed by atoms with Crippen LogP contribution in [0.25, 0.3) is 0 Å². The molecular formula is C20H43NO2. The van der Waals surface area contributed by atoms with Gasteiger partial charge in [0.1, 0.15) is 0 Å². The summed E-state index contributed by atoms with van der Waals surface area (Å²) in [6.45, 7) is 6.89. The minimum atomic E-state index is -0.0372. The molecule has 0 aromatic heterocycles. The van der Waals surface area contributed by atoms with E-state index in [-0.39, 0.29) is 6.29 Å². The number of nitrogens with two attached hydrogens (primary N) is 1. The summed E-state index contributed by atoms with van der Waals surface area (Å²) in [6.07, 6.45) is 17.5. The highest BCUT2D eigenvalue weighted by molar-refractivity contribution is 4.51. The van der Waals surface area contributed by atoms with Crippen LogP contribution in [-0.2, 0) is 9.47 Å². The minimum Gasteiger partial charge on any atom is -0.353 e. The molecule has 0 radical (unpaired) electrons. The molecule has 0 unspecified atom stereocenters. The SMILES string of the molecule is CCCCCCCCOC(CCCN)OCCCCCCCC. The van der Waals surface area contributed by atoms with Crippen molar-refractivity contribution in [2.24, 2.45) is 5.73 Å². The molecular weight excluding hydrogens is 286 g/mol. The Morgan fingerprint density at radius 1 is 0.609 bits per heavy atom. The second kappa shape index (κ2) is 19.9. The van der Waals surface area contributed by atoms with Gasteiger partial charge in [-0.05, 0) is 32.2 Å². The molecule has 140 valence electrons. The molecule has 0 aliphatic rings. The zero-order chi connectivity index (χ0) is 17.0. The lowest BCUT2D eigenvalue weighted by atomic mass is 10.1. The summed E-state index contributed by atoms with van der Waals surface area (Å²) in [4.78, 5) is 0. The van der Waals surface area contributed by atoms with Crippen LogP contribution in [0.2, 0.25) is 0 Å². The lowest BCUT2D eigenvalue weighted by molar-refractivity contribution is -0.147. The highest BCUT2D eigenvalue weighted by Crippen LogP contribution is 2.10. The molecule has 3 heteroatoms. The van der Waals surface area contributed by atoms with Gasteiger partial charge in [0.05, 0.1) is 0 Å². The van der Waals surface area contributed by atoms with Crippen molar-refractivity contribution in [1.29, 1.82) is 0 Å². The van der Waals surface area contributed by atoms with Gasteiger partial charge in [-0.15, -0.1) is 0 Å². The van der Waals surface area contributed by atoms with Crippen LogP contribution in [0.15, 0.2) is 0 Å². The fourth-order valence-corrected chi connectivity index (χ4v) is 2.69. The minimum absolute atomic E-state index is 0.0372. The van der Waals surface area contributed by atoms with Gasteiger partial charge in [-0.25, -0.2) is 0 Å². The van der Waals surface area contributed by atoms with E-state index in [1.807, 2.05) is 0 Å². The number of ether oxygens (including phenoxy) is 2. The Hall–Kier alpha value is -0.120. The Balaban J connectivity index is 3.56. The first-order valence-corrected chi connectivity index (χ1v) is 10.3. The van der Waals surface area contributed by atoms with E-state index >= 15 is 0 Å². The first-order valence-electron chi connectivity index (χ1n) is 10.3. The topological polar surface area (TPSA) is 44.5 Å².